The van der Waals surface area contributed by atoms with Crippen LogP contribution in [0.25, 0.3) is 0 Å². The highest BCUT2D eigenvalue weighted by Crippen LogP contribution is 2.07. The number of nitrogens with one attached hydrogen (secondary N) is 1. The molecule has 2 aromatic heterocycles. The SMILES string of the molecule is CCn1ncc(CNCc2ccnn2C)c1C. The highest BCUT2D eigenvalue weighted by Gasteiger charge is 2.05. The molecule has 2 aromatic rings. The molecule has 5 heteroatoms. The molecule has 92 valence electrons. The van der Waals surface area contributed by atoms with E-state index >= 15 is 0 Å². The van der Waals surface area contributed by atoms with Crippen molar-refractivity contribution in [3.05, 3.63) is 35.4 Å². The van der Waals surface area contributed by atoms with Gasteiger partial charge in [0.05, 0.1) is 11.9 Å². The van der Waals surface area contributed by atoms with E-state index in [2.05, 4.69) is 29.4 Å². The van der Waals surface area contributed by atoms with Crippen LogP contribution in [0.2, 0.25) is 0 Å². The van der Waals surface area contributed by atoms with Gasteiger partial charge in [0.1, 0.15) is 0 Å². The highest BCUT2D eigenvalue weighted by atomic mass is 15.3. The lowest BCUT2D eigenvalue weighted by molar-refractivity contribution is 0.617. The third kappa shape index (κ3) is 2.55. The maximum atomic E-state index is 4.33. The van der Waals surface area contributed by atoms with E-state index < -0.39 is 0 Å². The molecule has 1 N–H and O–H groups in total. The van der Waals surface area contributed by atoms with Gasteiger partial charge in [-0.25, -0.2) is 0 Å². The zero-order valence-electron chi connectivity index (χ0n) is 10.6. The zero-order chi connectivity index (χ0) is 12.3. The average Bonchev–Trinajstić information content (AvgIpc) is 2.87. The molecule has 17 heavy (non-hydrogen) atoms. The predicted octanol–water partition coefficient (Wildman–Crippen LogP) is 1.23. The first-order valence-corrected chi connectivity index (χ1v) is 5.91. The van der Waals surface area contributed by atoms with Crippen molar-refractivity contribution < 1.29 is 0 Å². The second-order valence-electron chi connectivity index (χ2n) is 4.12. The molecule has 0 aromatic carbocycles. The Morgan fingerprint density at radius 3 is 2.71 bits per heavy atom. The summed E-state index contributed by atoms with van der Waals surface area (Å²) in [6.45, 7) is 6.81. The quantitative estimate of drug-likeness (QED) is 0.845. The lowest BCUT2D eigenvalue weighted by atomic mass is 10.2. The summed E-state index contributed by atoms with van der Waals surface area (Å²) >= 11 is 0. The van der Waals surface area contributed by atoms with Crippen LogP contribution >= 0.6 is 0 Å². The van der Waals surface area contributed by atoms with Gasteiger partial charge in [-0.3, -0.25) is 9.36 Å². The highest BCUT2D eigenvalue weighted by molar-refractivity contribution is 5.15. The maximum Gasteiger partial charge on any atom is 0.0537 e. The van der Waals surface area contributed by atoms with Gasteiger partial charge in [0, 0.05) is 44.1 Å². The lowest BCUT2D eigenvalue weighted by Crippen LogP contribution is -2.15. The third-order valence-corrected chi connectivity index (χ3v) is 3.05. The third-order valence-electron chi connectivity index (χ3n) is 3.05. The minimum atomic E-state index is 0.827. The van der Waals surface area contributed by atoms with E-state index in [4.69, 9.17) is 0 Å². The number of aromatic nitrogens is 4. The fourth-order valence-corrected chi connectivity index (χ4v) is 1.88. The maximum absolute atomic E-state index is 4.33. The van der Waals surface area contributed by atoms with Gasteiger partial charge in [0.25, 0.3) is 0 Å². The van der Waals surface area contributed by atoms with Crippen LogP contribution in [0, 0.1) is 6.92 Å². The molecule has 0 aliphatic rings. The standard InChI is InChI=1S/C12H19N5/c1-4-17-10(2)11(8-15-17)7-13-9-12-5-6-14-16(12)3/h5-6,8,13H,4,7,9H2,1-3H3. The first kappa shape index (κ1) is 11.9. The summed E-state index contributed by atoms with van der Waals surface area (Å²) in [5.74, 6) is 0. The van der Waals surface area contributed by atoms with Crippen LogP contribution in [0.4, 0.5) is 0 Å². The average molecular weight is 233 g/mol. The molecule has 0 bridgehead atoms. The van der Waals surface area contributed by atoms with Crippen molar-refractivity contribution in [1.29, 1.82) is 0 Å². The first-order chi connectivity index (χ1) is 8.22. The summed E-state index contributed by atoms with van der Waals surface area (Å²) in [7, 11) is 1.96. The van der Waals surface area contributed by atoms with Gasteiger partial charge in [-0.05, 0) is 19.9 Å². The molecule has 0 amide bonds. The number of hydrogen-bond acceptors (Lipinski definition) is 3. The van der Waals surface area contributed by atoms with Gasteiger partial charge < -0.3 is 5.32 Å². The molecule has 0 spiro atoms. The van der Waals surface area contributed by atoms with E-state index in [9.17, 15) is 0 Å². The van der Waals surface area contributed by atoms with Crippen molar-refractivity contribution in [3.8, 4) is 0 Å². The normalized spacial score (nSPS) is 11.0. The molecule has 0 unspecified atom stereocenters. The van der Waals surface area contributed by atoms with Crippen molar-refractivity contribution in [2.45, 2.75) is 33.5 Å². The Kier molecular flexibility index (Phi) is 3.58. The molecule has 2 heterocycles. The predicted molar refractivity (Wildman–Crippen MR) is 66.4 cm³/mol. The summed E-state index contributed by atoms with van der Waals surface area (Å²) in [5.41, 5.74) is 3.68. The van der Waals surface area contributed by atoms with Gasteiger partial charge in [-0.15, -0.1) is 0 Å². The molecule has 0 aliphatic heterocycles. The van der Waals surface area contributed by atoms with E-state index in [0.717, 1.165) is 19.6 Å². The zero-order valence-corrected chi connectivity index (χ0v) is 10.6. The van der Waals surface area contributed by atoms with Gasteiger partial charge in [-0.1, -0.05) is 0 Å². The summed E-state index contributed by atoms with van der Waals surface area (Å²) in [6.07, 6.45) is 3.76. The number of rotatable bonds is 5. The molecule has 0 saturated carbocycles. The molecule has 0 atom stereocenters. The Morgan fingerprint density at radius 2 is 2.12 bits per heavy atom. The van der Waals surface area contributed by atoms with E-state index in [-0.39, 0.29) is 0 Å². The summed E-state index contributed by atoms with van der Waals surface area (Å²) in [5, 5.41) is 11.9. The molecule has 5 nitrogen and oxygen atoms in total. The van der Waals surface area contributed by atoms with E-state index in [0.29, 0.717) is 0 Å². The van der Waals surface area contributed by atoms with E-state index in [1.54, 1.807) is 0 Å². The van der Waals surface area contributed by atoms with Crippen LogP contribution in [-0.2, 0) is 26.7 Å². The van der Waals surface area contributed by atoms with Gasteiger partial charge >= 0.3 is 0 Å². The van der Waals surface area contributed by atoms with Crippen LogP contribution in [0.5, 0.6) is 0 Å². The number of hydrogen-bond donors (Lipinski definition) is 1. The fraction of sp³-hybridized carbons (Fsp3) is 0.500. The van der Waals surface area contributed by atoms with Crippen LogP contribution in [0.1, 0.15) is 23.9 Å². The largest absolute Gasteiger partial charge is 0.307 e. The number of aryl methyl sites for hydroxylation is 2. The molecule has 0 aliphatic carbocycles. The summed E-state index contributed by atoms with van der Waals surface area (Å²) in [6, 6.07) is 2.02. The molecule has 0 radical (unpaired) electrons. The summed E-state index contributed by atoms with van der Waals surface area (Å²) < 4.78 is 3.90. The first-order valence-electron chi connectivity index (χ1n) is 5.91. The van der Waals surface area contributed by atoms with Crippen LogP contribution in [-0.4, -0.2) is 19.6 Å². The Balaban J connectivity index is 1.90. The van der Waals surface area contributed by atoms with Crippen LogP contribution < -0.4 is 5.32 Å². The molecule has 0 saturated heterocycles. The van der Waals surface area contributed by atoms with Gasteiger partial charge in [-0.2, -0.15) is 10.2 Å². The Hall–Kier alpha value is -1.62. The molecule has 0 fully saturated rings. The van der Waals surface area contributed by atoms with Gasteiger partial charge in [0.15, 0.2) is 0 Å². The lowest BCUT2D eigenvalue weighted by Gasteiger charge is -2.05. The Bertz CT molecular complexity index is 483. The molecular weight excluding hydrogens is 214 g/mol. The minimum Gasteiger partial charge on any atom is -0.307 e. The molecular formula is C12H19N5. The molecule has 2 rings (SSSR count). The van der Waals surface area contributed by atoms with Crippen molar-refractivity contribution in [1.82, 2.24) is 24.9 Å². The Morgan fingerprint density at radius 1 is 1.29 bits per heavy atom. The van der Waals surface area contributed by atoms with Crippen LogP contribution in [0.15, 0.2) is 18.5 Å². The minimum absolute atomic E-state index is 0.827. The summed E-state index contributed by atoms with van der Waals surface area (Å²) in [4.78, 5) is 0. The topological polar surface area (TPSA) is 47.7 Å². The Labute approximate surface area is 101 Å². The van der Waals surface area contributed by atoms with E-state index in [1.807, 2.05) is 34.9 Å². The van der Waals surface area contributed by atoms with Crippen molar-refractivity contribution in [2.24, 2.45) is 7.05 Å². The second-order valence-corrected chi connectivity index (χ2v) is 4.12. The van der Waals surface area contributed by atoms with Crippen molar-refractivity contribution in [3.63, 3.8) is 0 Å². The monoisotopic (exact) mass is 233 g/mol. The number of nitrogens with zero attached hydrogens (tertiary/aromatic N) is 4. The van der Waals surface area contributed by atoms with Crippen molar-refractivity contribution in [2.75, 3.05) is 0 Å². The smallest absolute Gasteiger partial charge is 0.0537 e. The van der Waals surface area contributed by atoms with Gasteiger partial charge in [0.2, 0.25) is 0 Å². The van der Waals surface area contributed by atoms with Crippen molar-refractivity contribution >= 4 is 0 Å². The van der Waals surface area contributed by atoms with E-state index in [1.165, 1.54) is 17.0 Å². The fourth-order valence-electron chi connectivity index (χ4n) is 1.88. The second kappa shape index (κ2) is 5.14. The van der Waals surface area contributed by atoms with Crippen LogP contribution in [0.3, 0.4) is 0 Å².